The molecule has 0 atom stereocenters. The fraction of sp³-hybridized carbons (Fsp3) is 0.100. The topological polar surface area (TPSA) is 68.3 Å². The van der Waals surface area contributed by atoms with E-state index in [0.29, 0.717) is 5.88 Å². The number of thiophene rings is 1. The van der Waals surface area contributed by atoms with Crippen LogP contribution < -0.4 is 9.46 Å². The molecule has 0 unspecified atom stereocenters. The van der Waals surface area contributed by atoms with Crippen LogP contribution in [0, 0.1) is 0 Å². The van der Waals surface area contributed by atoms with E-state index in [1.165, 1.54) is 25.4 Å². The van der Waals surface area contributed by atoms with Crippen LogP contribution in [0.3, 0.4) is 0 Å². The molecular formula is C10H7BrCl2N2O3S2. The van der Waals surface area contributed by atoms with Crippen molar-refractivity contribution in [1.29, 1.82) is 0 Å². The van der Waals surface area contributed by atoms with E-state index in [2.05, 4.69) is 25.6 Å². The summed E-state index contributed by atoms with van der Waals surface area (Å²) in [4.78, 5) is 3.82. The minimum absolute atomic E-state index is 0.0795. The van der Waals surface area contributed by atoms with Crippen LogP contribution in [-0.4, -0.2) is 20.5 Å². The zero-order valence-corrected chi connectivity index (χ0v) is 14.6. The highest BCUT2D eigenvalue weighted by Gasteiger charge is 2.26. The molecule has 5 nitrogen and oxygen atoms in total. The van der Waals surface area contributed by atoms with Crippen molar-refractivity contribution in [1.82, 2.24) is 4.98 Å². The van der Waals surface area contributed by atoms with Gasteiger partial charge in [-0.05, 0) is 22.0 Å². The van der Waals surface area contributed by atoms with Crippen LogP contribution in [0.5, 0.6) is 5.88 Å². The first-order valence-corrected chi connectivity index (χ1v) is 8.86. The largest absolute Gasteiger partial charge is 0.481 e. The number of halogens is 3. The van der Waals surface area contributed by atoms with Crippen LogP contribution in [0.25, 0.3) is 0 Å². The van der Waals surface area contributed by atoms with Gasteiger partial charge in [0, 0.05) is 6.07 Å². The van der Waals surface area contributed by atoms with E-state index in [4.69, 9.17) is 27.9 Å². The molecule has 0 aliphatic heterocycles. The van der Waals surface area contributed by atoms with Gasteiger partial charge in [-0.2, -0.15) is 0 Å². The zero-order chi connectivity index (χ0) is 14.9. The molecule has 0 fully saturated rings. The second-order valence-corrected chi connectivity index (χ2v) is 8.12. The van der Waals surface area contributed by atoms with Gasteiger partial charge in [0.1, 0.15) is 13.6 Å². The SMILES string of the molecule is COc1ccc(NS(=O)(=O)c2c(Cl)sc(Cl)c2Br)cn1. The highest BCUT2D eigenvalue weighted by atomic mass is 79.9. The molecule has 0 amide bonds. The van der Waals surface area contributed by atoms with E-state index >= 15 is 0 Å². The van der Waals surface area contributed by atoms with Crippen LogP contribution >= 0.6 is 50.5 Å². The van der Waals surface area contributed by atoms with Crippen molar-refractivity contribution in [2.24, 2.45) is 0 Å². The normalized spacial score (nSPS) is 11.4. The van der Waals surface area contributed by atoms with Crippen molar-refractivity contribution < 1.29 is 13.2 Å². The number of ether oxygens (including phenoxy) is 1. The van der Waals surface area contributed by atoms with Crippen LogP contribution in [0.4, 0.5) is 5.69 Å². The number of aromatic nitrogens is 1. The van der Waals surface area contributed by atoms with Crippen molar-refractivity contribution in [3.05, 3.63) is 31.5 Å². The van der Waals surface area contributed by atoms with E-state index in [-0.39, 0.29) is 23.7 Å². The Labute approximate surface area is 138 Å². The smallest absolute Gasteiger partial charge is 0.265 e. The molecule has 0 aliphatic carbocycles. The monoisotopic (exact) mass is 416 g/mol. The number of sulfonamides is 1. The van der Waals surface area contributed by atoms with Crippen molar-refractivity contribution in [3.63, 3.8) is 0 Å². The number of nitrogens with zero attached hydrogens (tertiary/aromatic N) is 1. The molecule has 10 heteroatoms. The maximum absolute atomic E-state index is 12.3. The molecule has 0 spiro atoms. The minimum atomic E-state index is -3.86. The van der Waals surface area contributed by atoms with Gasteiger partial charge >= 0.3 is 0 Å². The van der Waals surface area contributed by atoms with E-state index < -0.39 is 10.0 Å². The van der Waals surface area contributed by atoms with Crippen LogP contribution in [0.2, 0.25) is 8.67 Å². The lowest BCUT2D eigenvalue weighted by Gasteiger charge is -2.08. The summed E-state index contributed by atoms with van der Waals surface area (Å²) in [5.74, 6) is 0.380. The lowest BCUT2D eigenvalue weighted by molar-refractivity contribution is 0.398. The fourth-order valence-corrected chi connectivity index (χ4v) is 5.94. The highest BCUT2D eigenvalue weighted by molar-refractivity contribution is 9.10. The lowest BCUT2D eigenvalue weighted by Crippen LogP contribution is -2.13. The predicted octanol–water partition coefficient (Wildman–Crippen LogP) is 4.02. The summed E-state index contributed by atoms with van der Waals surface area (Å²) in [5, 5.41) is 0. The molecule has 0 saturated carbocycles. The molecular weight excluding hydrogens is 411 g/mol. The standard InChI is InChI=1S/C10H7BrCl2N2O3S2/c1-18-6-3-2-5(4-14-6)15-20(16,17)8-7(11)9(12)19-10(8)13/h2-4,15H,1H3. The molecule has 2 aromatic heterocycles. The van der Waals surface area contributed by atoms with Crippen LogP contribution in [0.1, 0.15) is 0 Å². The zero-order valence-electron chi connectivity index (χ0n) is 9.85. The van der Waals surface area contributed by atoms with Crippen molar-refractivity contribution in [2.45, 2.75) is 4.90 Å². The fourth-order valence-electron chi connectivity index (χ4n) is 1.34. The highest BCUT2D eigenvalue weighted by Crippen LogP contribution is 2.43. The Balaban J connectivity index is 2.35. The Morgan fingerprint density at radius 1 is 1.35 bits per heavy atom. The molecule has 0 radical (unpaired) electrons. The Kier molecular flexibility index (Phi) is 4.80. The summed E-state index contributed by atoms with van der Waals surface area (Å²) >= 11 is 15.8. The second kappa shape index (κ2) is 6.07. The first kappa shape index (κ1) is 15.8. The summed E-state index contributed by atoms with van der Waals surface area (Å²) in [6, 6.07) is 3.06. The Bertz CT molecular complexity index is 732. The number of hydrogen-bond acceptors (Lipinski definition) is 5. The Hall–Kier alpha value is -0.540. The Morgan fingerprint density at radius 2 is 2.05 bits per heavy atom. The third-order valence-electron chi connectivity index (χ3n) is 2.20. The first-order valence-electron chi connectivity index (χ1n) is 5.01. The number of rotatable bonds is 4. The minimum Gasteiger partial charge on any atom is -0.481 e. The second-order valence-electron chi connectivity index (χ2n) is 3.49. The molecule has 0 aliphatic rings. The van der Waals surface area contributed by atoms with Gasteiger partial charge in [0.25, 0.3) is 10.0 Å². The van der Waals surface area contributed by atoms with Crippen LogP contribution in [0.15, 0.2) is 27.7 Å². The van der Waals surface area contributed by atoms with Gasteiger partial charge in [-0.1, -0.05) is 23.2 Å². The molecule has 0 aromatic carbocycles. The van der Waals surface area contributed by atoms with Gasteiger partial charge in [0.2, 0.25) is 5.88 Å². The van der Waals surface area contributed by atoms with E-state index in [0.717, 1.165) is 11.3 Å². The lowest BCUT2D eigenvalue weighted by atomic mass is 10.4. The summed E-state index contributed by atoms with van der Waals surface area (Å²) < 4.78 is 32.4. The molecule has 2 aromatic rings. The first-order chi connectivity index (χ1) is 9.35. The quantitative estimate of drug-likeness (QED) is 0.815. The maximum Gasteiger partial charge on any atom is 0.265 e. The third-order valence-corrected chi connectivity index (χ3v) is 7.04. The summed E-state index contributed by atoms with van der Waals surface area (Å²) in [7, 11) is -2.39. The average Bonchev–Trinajstić information content (AvgIpc) is 2.64. The van der Waals surface area contributed by atoms with Crippen LogP contribution in [-0.2, 0) is 10.0 Å². The molecule has 0 bridgehead atoms. The van der Waals surface area contributed by atoms with Gasteiger partial charge in [-0.15, -0.1) is 11.3 Å². The average molecular weight is 418 g/mol. The summed E-state index contributed by atoms with van der Waals surface area (Å²) in [5.41, 5.74) is 0.288. The summed E-state index contributed by atoms with van der Waals surface area (Å²) in [6.45, 7) is 0. The van der Waals surface area contributed by atoms with E-state index in [9.17, 15) is 8.42 Å². The van der Waals surface area contributed by atoms with Crippen molar-refractivity contribution in [3.8, 4) is 5.88 Å². The van der Waals surface area contributed by atoms with Gasteiger partial charge in [-0.25, -0.2) is 13.4 Å². The Morgan fingerprint density at radius 3 is 2.50 bits per heavy atom. The van der Waals surface area contributed by atoms with Gasteiger partial charge in [-0.3, -0.25) is 4.72 Å². The predicted molar refractivity (Wildman–Crippen MR) is 83.6 cm³/mol. The molecule has 108 valence electrons. The summed E-state index contributed by atoms with van der Waals surface area (Å²) in [6.07, 6.45) is 1.34. The molecule has 0 saturated heterocycles. The van der Waals surface area contributed by atoms with Gasteiger partial charge in [0.15, 0.2) is 0 Å². The third kappa shape index (κ3) is 3.20. The number of anilines is 1. The number of pyridine rings is 1. The number of hydrogen-bond donors (Lipinski definition) is 1. The number of nitrogens with one attached hydrogen (secondary N) is 1. The van der Waals surface area contributed by atoms with Gasteiger partial charge in [0.05, 0.1) is 23.5 Å². The molecule has 2 heterocycles. The number of methoxy groups -OCH3 is 1. The molecule has 2 rings (SSSR count). The van der Waals surface area contributed by atoms with Crippen molar-refractivity contribution >= 4 is 66.2 Å². The molecule has 20 heavy (non-hydrogen) atoms. The van der Waals surface area contributed by atoms with Gasteiger partial charge < -0.3 is 4.74 Å². The van der Waals surface area contributed by atoms with Crippen molar-refractivity contribution in [2.75, 3.05) is 11.8 Å². The van der Waals surface area contributed by atoms with E-state index in [1.807, 2.05) is 0 Å². The van der Waals surface area contributed by atoms with E-state index in [1.54, 1.807) is 0 Å². The molecule has 1 N–H and O–H groups in total. The maximum atomic E-state index is 12.3.